The molecule has 0 spiro atoms. The second-order valence-corrected chi connectivity index (χ2v) is 2.74. The normalized spacial score (nSPS) is 11.6. The van der Waals surface area contributed by atoms with Crippen LogP contribution in [0.5, 0.6) is 0 Å². The third-order valence-corrected chi connectivity index (χ3v) is 1.82. The van der Waals surface area contributed by atoms with Crippen LogP contribution in [-0.2, 0) is 6.42 Å². The smallest absolute Gasteiger partial charge is 0.0250 e. The summed E-state index contributed by atoms with van der Waals surface area (Å²) in [5.74, 6) is 0.221. The maximum absolute atomic E-state index is 10.9. The van der Waals surface area contributed by atoms with Crippen molar-refractivity contribution in [2.75, 3.05) is 0 Å². The van der Waals surface area contributed by atoms with Gasteiger partial charge in [0.05, 0.1) is 0 Å². The van der Waals surface area contributed by atoms with Crippen LogP contribution in [-0.4, -0.2) is 0 Å². The summed E-state index contributed by atoms with van der Waals surface area (Å²) in [5, 5.41) is 10.9. The van der Waals surface area contributed by atoms with E-state index in [9.17, 15) is 5.11 Å². The van der Waals surface area contributed by atoms with Gasteiger partial charge < -0.3 is 5.11 Å². The topological polar surface area (TPSA) is 23.1 Å². The fraction of sp³-hybridized carbons (Fsp3) is 0.273. The van der Waals surface area contributed by atoms with Crippen molar-refractivity contribution in [3.8, 4) is 0 Å². The average Bonchev–Trinajstić information content (AvgIpc) is 2.16. The van der Waals surface area contributed by atoms with Crippen LogP contribution < -0.4 is 5.11 Å². The molecule has 1 nitrogen and oxygen atoms in total. The molecular weight excluding hydrogens is 148 g/mol. The van der Waals surface area contributed by atoms with Gasteiger partial charge in [-0.25, -0.2) is 0 Å². The Morgan fingerprint density at radius 1 is 1.33 bits per heavy atom. The standard InChI is InChI=1S/C11H14O/c1-2-11(12)9-8-10-6-4-3-5-7-10/h2-7,12H,8-9H2,1H3/p-1. The lowest BCUT2D eigenvalue weighted by molar-refractivity contribution is -0.306. The number of aryl methyl sites for hydroxylation is 1. The summed E-state index contributed by atoms with van der Waals surface area (Å²) in [6.07, 6.45) is 3.10. The van der Waals surface area contributed by atoms with Crippen LogP contribution in [0.25, 0.3) is 0 Å². The Morgan fingerprint density at radius 2 is 2.00 bits per heavy atom. The molecule has 0 aliphatic carbocycles. The fourth-order valence-electron chi connectivity index (χ4n) is 1.06. The third-order valence-electron chi connectivity index (χ3n) is 1.82. The minimum Gasteiger partial charge on any atom is -0.876 e. The highest BCUT2D eigenvalue weighted by molar-refractivity contribution is 5.15. The van der Waals surface area contributed by atoms with Crippen molar-refractivity contribution < 1.29 is 5.11 Å². The number of rotatable bonds is 3. The number of hydrogen-bond acceptors (Lipinski definition) is 1. The molecule has 0 saturated heterocycles. The lowest BCUT2D eigenvalue weighted by Gasteiger charge is -2.09. The van der Waals surface area contributed by atoms with Crippen molar-refractivity contribution >= 4 is 0 Å². The second kappa shape index (κ2) is 4.60. The molecule has 0 aromatic heterocycles. The molecule has 0 atom stereocenters. The van der Waals surface area contributed by atoms with Crippen LogP contribution in [0.15, 0.2) is 42.2 Å². The minimum atomic E-state index is 0.221. The van der Waals surface area contributed by atoms with Crippen LogP contribution in [0.2, 0.25) is 0 Å². The van der Waals surface area contributed by atoms with Gasteiger partial charge in [0.15, 0.2) is 0 Å². The van der Waals surface area contributed by atoms with E-state index in [1.54, 1.807) is 13.0 Å². The van der Waals surface area contributed by atoms with E-state index in [2.05, 4.69) is 0 Å². The second-order valence-electron chi connectivity index (χ2n) is 2.74. The molecule has 0 saturated carbocycles. The van der Waals surface area contributed by atoms with E-state index < -0.39 is 0 Å². The quantitative estimate of drug-likeness (QED) is 0.621. The Labute approximate surface area is 73.4 Å². The Kier molecular flexibility index (Phi) is 3.39. The summed E-state index contributed by atoms with van der Waals surface area (Å²) in [6, 6.07) is 10.1. The number of hydrogen-bond donors (Lipinski definition) is 0. The van der Waals surface area contributed by atoms with Gasteiger partial charge in [0.2, 0.25) is 0 Å². The first kappa shape index (κ1) is 8.85. The Hall–Kier alpha value is -1.24. The highest BCUT2D eigenvalue weighted by Crippen LogP contribution is 2.04. The summed E-state index contributed by atoms with van der Waals surface area (Å²) in [6.45, 7) is 1.79. The van der Waals surface area contributed by atoms with Gasteiger partial charge in [-0.05, 0) is 25.3 Å². The maximum atomic E-state index is 10.9. The molecular formula is C11H13O-. The van der Waals surface area contributed by atoms with E-state index in [1.165, 1.54) is 5.56 Å². The zero-order valence-corrected chi connectivity index (χ0v) is 7.29. The van der Waals surface area contributed by atoms with E-state index >= 15 is 0 Å². The van der Waals surface area contributed by atoms with Crippen molar-refractivity contribution in [3.63, 3.8) is 0 Å². The maximum Gasteiger partial charge on any atom is -0.0250 e. The summed E-state index contributed by atoms with van der Waals surface area (Å²) in [7, 11) is 0. The van der Waals surface area contributed by atoms with E-state index in [-0.39, 0.29) is 5.76 Å². The highest BCUT2D eigenvalue weighted by atomic mass is 16.3. The molecule has 64 valence electrons. The van der Waals surface area contributed by atoms with Crippen LogP contribution >= 0.6 is 0 Å². The lowest BCUT2D eigenvalue weighted by atomic mass is 10.1. The molecule has 0 amide bonds. The summed E-state index contributed by atoms with van der Waals surface area (Å²) >= 11 is 0. The average molecular weight is 161 g/mol. The minimum absolute atomic E-state index is 0.221. The molecule has 0 aliphatic rings. The molecule has 0 N–H and O–H groups in total. The molecule has 12 heavy (non-hydrogen) atoms. The molecule has 1 heteroatoms. The first-order valence-corrected chi connectivity index (χ1v) is 4.19. The molecule has 0 unspecified atom stereocenters. The van der Waals surface area contributed by atoms with Gasteiger partial charge in [-0.1, -0.05) is 36.4 Å². The highest BCUT2D eigenvalue weighted by Gasteiger charge is 1.88. The summed E-state index contributed by atoms with van der Waals surface area (Å²) in [5.41, 5.74) is 1.23. The van der Waals surface area contributed by atoms with Gasteiger partial charge in [-0.2, -0.15) is 0 Å². The monoisotopic (exact) mass is 161 g/mol. The van der Waals surface area contributed by atoms with Crippen LogP contribution in [0, 0.1) is 0 Å². The van der Waals surface area contributed by atoms with E-state index in [4.69, 9.17) is 0 Å². The van der Waals surface area contributed by atoms with E-state index in [0.717, 1.165) is 6.42 Å². The SMILES string of the molecule is CC=C([O-])CCc1ccccc1. The Balaban J connectivity index is 2.44. The van der Waals surface area contributed by atoms with Crippen molar-refractivity contribution in [1.82, 2.24) is 0 Å². The van der Waals surface area contributed by atoms with Crippen LogP contribution in [0.1, 0.15) is 18.9 Å². The molecule has 1 aromatic rings. The van der Waals surface area contributed by atoms with Gasteiger partial charge in [0, 0.05) is 0 Å². The van der Waals surface area contributed by atoms with Gasteiger partial charge in [0.1, 0.15) is 0 Å². The summed E-state index contributed by atoms with van der Waals surface area (Å²) in [4.78, 5) is 0. The Morgan fingerprint density at radius 3 is 2.58 bits per heavy atom. The zero-order valence-electron chi connectivity index (χ0n) is 7.29. The zero-order chi connectivity index (χ0) is 8.81. The molecule has 0 aliphatic heterocycles. The van der Waals surface area contributed by atoms with E-state index in [1.807, 2.05) is 30.3 Å². The molecule has 1 rings (SSSR count). The first-order valence-electron chi connectivity index (χ1n) is 4.19. The predicted octanol–water partition coefficient (Wildman–Crippen LogP) is 1.88. The van der Waals surface area contributed by atoms with Gasteiger partial charge >= 0.3 is 0 Å². The van der Waals surface area contributed by atoms with Crippen LogP contribution in [0.4, 0.5) is 0 Å². The van der Waals surface area contributed by atoms with Crippen molar-refractivity contribution in [1.29, 1.82) is 0 Å². The lowest BCUT2D eigenvalue weighted by Crippen LogP contribution is -2.03. The first-order chi connectivity index (χ1) is 5.83. The van der Waals surface area contributed by atoms with Crippen molar-refractivity contribution in [2.24, 2.45) is 0 Å². The predicted molar refractivity (Wildman–Crippen MR) is 48.5 cm³/mol. The van der Waals surface area contributed by atoms with Crippen molar-refractivity contribution in [3.05, 3.63) is 47.7 Å². The number of allylic oxidation sites excluding steroid dienone is 2. The fourth-order valence-corrected chi connectivity index (χ4v) is 1.06. The van der Waals surface area contributed by atoms with Crippen molar-refractivity contribution in [2.45, 2.75) is 19.8 Å². The summed E-state index contributed by atoms with van der Waals surface area (Å²) < 4.78 is 0. The van der Waals surface area contributed by atoms with Gasteiger partial charge in [-0.15, -0.1) is 5.76 Å². The largest absolute Gasteiger partial charge is 0.876 e. The molecule has 1 aromatic carbocycles. The van der Waals surface area contributed by atoms with Gasteiger partial charge in [-0.3, -0.25) is 0 Å². The number of benzene rings is 1. The van der Waals surface area contributed by atoms with Gasteiger partial charge in [0.25, 0.3) is 0 Å². The van der Waals surface area contributed by atoms with Crippen LogP contribution in [0.3, 0.4) is 0 Å². The molecule has 0 bridgehead atoms. The third kappa shape index (κ3) is 2.79. The Bertz CT molecular complexity index is 249. The molecule has 0 radical (unpaired) electrons. The molecule has 0 heterocycles. The van der Waals surface area contributed by atoms with E-state index in [0.29, 0.717) is 6.42 Å². The molecule has 0 fully saturated rings.